The van der Waals surface area contributed by atoms with Crippen LogP contribution in [0.3, 0.4) is 0 Å². The highest BCUT2D eigenvalue weighted by Gasteiger charge is 2.34. The van der Waals surface area contributed by atoms with E-state index in [2.05, 4.69) is 5.32 Å². The lowest BCUT2D eigenvalue weighted by molar-refractivity contribution is -0.124. The Bertz CT molecular complexity index is 549. The van der Waals surface area contributed by atoms with Crippen molar-refractivity contribution in [2.75, 3.05) is 0 Å². The van der Waals surface area contributed by atoms with E-state index in [-0.39, 0.29) is 23.7 Å². The summed E-state index contributed by atoms with van der Waals surface area (Å²) >= 11 is 0. The minimum atomic E-state index is -1.22. The second-order valence-electron chi connectivity index (χ2n) is 6.16. The Balaban J connectivity index is 1.70. The molecule has 2 heterocycles. The standard InChI is InChI=1S/C16H18F3NO/c17-13-8-15(19)14(18)6-9(13)7-16(21)10-4-11-2-1-3-12(5-10)20-11/h6,8,10-12,20H,1-5,7H2. The number of carbonyl (C=O) groups excluding carboxylic acids is 1. The van der Waals surface area contributed by atoms with Crippen molar-refractivity contribution in [2.24, 2.45) is 5.92 Å². The molecular weight excluding hydrogens is 279 g/mol. The second kappa shape index (κ2) is 5.79. The lowest BCUT2D eigenvalue weighted by Crippen LogP contribution is -2.50. The smallest absolute Gasteiger partial charge is 0.161 e. The molecule has 0 saturated carbocycles. The predicted molar refractivity (Wildman–Crippen MR) is 72.3 cm³/mol. The molecule has 0 spiro atoms. The van der Waals surface area contributed by atoms with Gasteiger partial charge in [-0.15, -0.1) is 0 Å². The van der Waals surface area contributed by atoms with Gasteiger partial charge in [0.05, 0.1) is 0 Å². The zero-order valence-corrected chi connectivity index (χ0v) is 11.7. The average molecular weight is 297 g/mol. The minimum Gasteiger partial charge on any atom is -0.311 e. The third-order valence-corrected chi connectivity index (χ3v) is 4.62. The van der Waals surface area contributed by atoms with Gasteiger partial charge in [-0.3, -0.25) is 4.79 Å². The summed E-state index contributed by atoms with van der Waals surface area (Å²) in [6, 6.07) is 2.03. The molecule has 0 aliphatic carbocycles. The first-order valence-corrected chi connectivity index (χ1v) is 7.45. The lowest BCUT2D eigenvalue weighted by atomic mass is 9.77. The first-order chi connectivity index (χ1) is 10.0. The quantitative estimate of drug-likeness (QED) is 0.869. The van der Waals surface area contributed by atoms with Gasteiger partial charge in [-0.1, -0.05) is 6.42 Å². The molecule has 2 fully saturated rings. The van der Waals surface area contributed by atoms with E-state index in [9.17, 15) is 18.0 Å². The molecule has 3 rings (SSSR count). The van der Waals surface area contributed by atoms with Gasteiger partial charge in [0.15, 0.2) is 11.6 Å². The summed E-state index contributed by atoms with van der Waals surface area (Å²) in [6.07, 6.45) is 4.69. The lowest BCUT2D eigenvalue weighted by Gasteiger charge is -2.39. The van der Waals surface area contributed by atoms with Crippen LogP contribution in [0.2, 0.25) is 0 Å². The van der Waals surface area contributed by atoms with Crippen LogP contribution in [0.15, 0.2) is 12.1 Å². The number of halogens is 3. The Morgan fingerprint density at radius 3 is 2.33 bits per heavy atom. The average Bonchev–Trinajstić information content (AvgIpc) is 2.44. The molecule has 1 aromatic rings. The Labute approximate surface area is 121 Å². The van der Waals surface area contributed by atoms with Crippen molar-refractivity contribution >= 4 is 5.78 Å². The normalized spacial score (nSPS) is 28.4. The zero-order chi connectivity index (χ0) is 15.0. The fraction of sp³-hybridized carbons (Fsp3) is 0.562. The van der Waals surface area contributed by atoms with E-state index in [0.717, 1.165) is 31.7 Å². The van der Waals surface area contributed by atoms with Crippen LogP contribution in [-0.4, -0.2) is 17.9 Å². The molecule has 2 saturated heterocycles. The highest BCUT2D eigenvalue weighted by molar-refractivity contribution is 5.83. The number of fused-ring (bicyclic) bond motifs is 2. The van der Waals surface area contributed by atoms with E-state index in [1.165, 1.54) is 6.42 Å². The van der Waals surface area contributed by atoms with Crippen molar-refractivity contribution in [1.82, 2.24) is 5.32 Å². The van der Waals surface area contributed by atoms with Gasteiger partial charge >= 0.3 is 0 Å². The van der Waals surface area contributed by atoms with Crippen molar-refractivity contribution in [3.8, 4) is 0 Å². The summed E-state index contributed by atoms with van der Waals surface area (Å²) in [6.45, 7) is 0. The van der Waals surface area contributed by atoms with Gasteiger partial charge in [0.2, 0.25) is 0 Å². The molecule has 1 aromatic carbocycles. The molecule has 2 unspecified atom stereocenters. The fourth-order valence-corrected chi connectivity index (χ4v) is 3.56. The maximum Gasteiger partial charge on any atom is 0.161 e. The summed E-state index contributed by atoms with van der Waals surface area (Å²) in [5, 5.41) is 3.49. The SMILES string of the molecule is O=C(Cc1cc(F)c(F)cc1F)C1CC2CCCC(C1)N2. The van der Waals surface area contributed by atoms with Gasteiger partial charge in [0.1, 0.15) is 11.6 Å². The van der Waals surface area contributed by atoms with Crippen LogP contribution in [0, 0.1) is 23.4 Å². The van der Waals surface area contributed by atoms with Gasteiger partial charge in [0, 0.05) is 30.5 Å². The molecule has 114 valence electrons. The molecule has 2 nitrogen and oxygen atoms in total. The van der Waals surface area contributed by atoms with E-state index in [1.54, 1.807) is 0 Å². The topological polar surface area (TPSA) is 29.1 Å². The molecule has 1 N–H and O–H groups in total. The van der Waals surface area contributed by atoms with Gasteiger partial charge in [0.25, 0.3) is 0 Å². The number of hydrogen-bond donors (Lipinski definition) is 1. The van der Waals surface area contributed by atoms with Crippen molar-refractivity contribution in [1.29, 1.82) is 0 Å². The Hall–Kier alpha value is -1.36. The first-order valence-electron chi connectivity index (χ1n) is 7.45. The van der Waals surface area contributed by atoms with E-state index in [1.807, 2.05) is 0 Å². The summed E-state index contributed by atoms with van der Waals surface area (Å²) in [4.78, 5) is 12.3. The van der Waals surface area contributed by atoms with Gasteiger partial charge in [-0.25, -0.2) is 13.2 Å². The Morgan fingerprint density at radius 1 is 1.05 bits per heavy atom. The third kappa shape index (κ3) is 3.12. The van der Waals surface area contributed by atoms with Gasteiger partial charge in [-0.2, -0.15) is 0 Å². The summed E-state index contributed by atoms with van der Waals surface area (Å²) in [7, 11) is 0. The monoisotopic (exact) mass is 297 g/mol. The van der Waals surface area contributed by atoms with Crippen LogP contribution in [0.1, 0.15) is 37.7 Å². The largest absolute Gasteiger partial charge is 0.311 e. The number of Topliss-reactive ketones (excluding diaryl/α,β-unsaturated/α-hetero) is 1. The predicted octanol–water partition coefficient (Wildman–Crippen LogP) is 3.14. The maximum absolute atomic E-state index is 13.6. The molecule has 0 radical (unpaired) electrons. The fourth-order valence-electron chi connectivity index (χ4n) is 3.56. The molecule has 2 aliphatic rings. The van der Waals surface area contributed by atoms with Gasteiger partial charge < -0.3 is 5.32 Å². The zero-order valence-electron chi connectivity index (χ0n) is 11.7. The molecule has 2 aliphatic heterocycles. The Morgan fingerprint density at radius 2 is 1.67 bits per heavy atom. The van der Waals surface area contributed by atoms with Crippen LogP contribution in [0.4, 0.5) is 13.2 Å². The van der Waals surface area contributed by atoms with Crippen LogP contribution >= 0.6 is 0 Å². The summed E-state index contributed by atoms with van der Waals surface area (Å²) in [5.74, 6) is -3.36. The summed E-state index contributed by atoms with van der Waals surface area (Å²) in [5.41, 5.74) is -0.0532. The van der Waals surface area contributed by atoms with Crippen molar-refractivity contribution < 1.29 is 18.0 Å². The van der Waals surface area contributed by atoms with Crippen molar-refractivity contribution in [3.63, 3.8) is 0 Å². The third-order valence-electron chi connectivity index (χ3n) is 4.62. The van der Waals surface area contributed by atoms with Crippen LogP contribution < -0.4 is 5.32 Å². The molecule has 21 heavy (non-hydrogen) atoms. The maximum atomic E-state index is 13.6. The van der Waals surface area contributed by atoms with Crippen LogP contribution in [-0.2, 0) is 11.2 Å². The molecule has 0 aromatic heterocycles. The molecule has 2 bridgehead atoms. The number of carbonyl (C=O) groups is 1. The number of ketones is 1. The highest BCUT2D eigenvalue weighted by Crippen LogP contribution is 2.31. The molecule has 0 amide bonds. The van der Waals surface area contributed by atoms with Crippen LogP contribution in [0.5, 0.6) is 0 Å². The van der Waals surface area contributed by atoms with E-state index < -0.39 is 17.5 Å². The number of piperidine rings is 2. The van der Waals surface area contributed by atoms with Gasteiger partial charge in [-0.05, 0) is 37.3 Å². The van der Waals surface area contributed by atoms with Crippen molar-refractivity contribution in [2.45, 2.75) is 50.6 Å². The minimum absolute atomic E-state index is 0.0532. The highest BCUT2D eigenvalue weighted by atomic mass is 19.2. The Kier molecular flexibility index (Phi) is 4.02. The number of benzene rings is 1. The van der Waals surface area contributed by atoms with E-state index >= 15 is 0 Å². The molecule has 5 heteroatoms. The van der Waals surface area contributed by atoms with E-state index in [4.69, 9.17) is 0 Å². The first kappa shape index (κ1) is 14.6. The number of hydrogen-bond acceptors (Lipinski definition) is 2. The van der Waals surface area contributed by atoms with Crippen LogP contribution in [0.25, 0.3) is 0 Å². The number of rotatable bonds is 3. The molecular formula is C16H18F3NO. The second-order valence-corrected chi connectivity index (χ2v) is 6.16. The summed E-state index contributed by atoms with van der Waals surface area (Å²) < 4.78 is 39.7. The molecule has 2 atom stereocenters. The van der Waals surface area contributed by atoms with E-state index in [0.29, 0.717) is 18.2 Å². The number of nitrogens with one attached hydrogen (secondary N) is 1. The van der Waals surface area contributed by atoms with Crippen molar-refractivity contribution in [3.05, 3.63) is 35.1 Å².